The summed E-state index contributed by atoms with van der Waals surface area (Å²) in [5.74, 6) is 0.296. The fourth-order valence-electron chi connectivity index (χ4n) is 2.19. The van der Waals surface area contributed by atoms with Gasteiger partial charge in [-0.25, -0.2) is 0 Å². The van der Waals surface area contributed by atoms with Crippen molar-refractivity contribution < 1.29 is 5.11 Å². The summed E-state index contributed by atoms with van der Waals surface area (Å²) in [6, 6.07) is 5.52. The molecule has 1 atom stereocenters. The van der Waals surface area contributed by atoms with E-state index in [1.807, 2.05) is 12.1 Å². The van der Waals surface area contributed by atoms with Gasteiger partial charge in [-0.1, -0.05) is 22.0 Å². The minimum absolute atomic E-state index is 0. The lowest BCUT2D eigenvalue weighted by Gasteiger charge is -2.33. The van der Waals surface area contributed by atoms with E-state index in [9.17, 15) is 5.11 Å². The van der Waals surface area contributed by atoms with Gasteiger partial charge in [0.15, 0.2) is 0 Å². The van der Waals surface area contributed by atoms with Crippen LogP contribution in [0.5, 0.6) is 5.75 Å². The van der Waals surface area contributed by atoms with Gasteiger partial charge in [0.2, 0.25) is 0 Å². The highest BCUT2D eigenvalue weighted by atomic mass is 79.9. The maximum atomic E-state index is 9.59. The molecule has 6 heteroatoms. The molecule has 108 valence electrons. The molecule has 0 unspecified atom stereocenters. The van der Waals surface area contributed by atoms with Crippen LogP contribution in [-0.4, -0.2) is 36.2 Å². The molecule has 0 spiro atoms. The van der Waals surface area contributed by atoms with Crippen LogP contribution in [0.4, 0.5) is 0 Å². The van der Waals surface area contributed by atoms with Gasteiger partial charge in [0.1, 0.15) is 5.75 Å². The van der Waals surface area contributed by atoms with E-state index >= 15 is 0 Å². The molecule has 0 aromatic heterocycles. The molecule has 3 nitrogen and oxygen atoms in total. The first-order valence-electron chi connectivity index (χ1n) is 5.78. The molecule has 2 N–H and O–H groups in total. The van der Waals surface area contributed by atoms with E-state index < -0.39 is 0 Å². The van der Waals surface area contributed by atoms with Crippen LogP contribution in [0.3, 0.4) is 0 Å². The minimum atomic E-state index is 0. The third kappa shape index (κ3) is 4.65. The van der Waals surface area contributed by atoms with Crippen LogP contribution in [0.15, 0.2) is 35.3 Å². The molecule has 1 heterocycles. The van der Waals surface area contributed by atoms with E-state index in [0.717, 1.165) is 36.2 Å². The number of hydrogen-bond acceptors (Lipinski definition) is 3. The molecule has 0 radical (unpaired) electrons. The Bertz CT molecular complexity index is 412. The standard InChI is InChI=1S/C13H17BrN2O.2ClH/c1-2-13(16-7-5-15-6-8-16)11-9-10(17)3-4-12(11)14;;/h2-4,9,13,15,17H,1,5-8H2;2*1H/t13-;;/m0../s1. The lowest BCUT2D eigenvalue weighted by molar-refractivity contribution is 0.203. The first kappa shape index (κ1) is 18.7. The average molecular weight is 370 g/mol. The summed E-state index contributed by atoms with van der Waals surface area (Å²) in [5, 5.41) is 12.9. The van der Waals surface area contributed by atoms with E-state index in [0.29, 0.717) is 5.75 Å². The molecule has 1 aromatic rings. The second-order valence-corrected chi connectivity index (χ2v) is 5.03. The van der Waals surface area contributed by atoms with Crippen molar-refractivity contribution in [3.05, 3.63) is 40.9 Å². The van der Waals surface area contributed by atoms with Crippen LogP contribution in [-0.2, 0) is 0 Å². The molecule has 19 heavy (non-hydrogen) atoms. The minimum Gasteiger partial charge on any atom is -0.508 e. The van der Waals surface area contributed by atoms with Gasteiger partial charge in [-0.05, 0) is 23.8 Å². The van der Waals surface area contributed by atoms with E-state index in [4.69, 9.17) is 0 Å². The van der Waals surface area contributed by atoms with Crippen molar-refractivity contribution >= 4 is 40.7 Å². The predicted molar refractivity (Wildman–Crippen MR) is 87.7 cm³/mol. The Morgan fingerprint density at radius 1 is 1.32 bits per heavy atom. The zero-order valence-corrected chi connectivity index (χ0v) is 13.7. The molecule has 1 saturated heterocycles. The van der Waals surface area contributed by atoms with Crippen LogP contribution in [0.2, 0.25) is 0 Å². The first-order valence-corrected chi connectivity index (χ1v) is 6.57. The number of aromatic hydroxyl groups is 1. The second kappa shape index (κ2) is 8.82. The Labute approximate surface area is 135 Å². The van der Waals surface area contributed by atoms with E-state index in [2.05, 4.69) is 32.7 Å². The van der Waals surface area contributed by atoms with Gasteiger partial charge >= 0.3 is 0 Å². The quantitative estimate of drug-likeness (QED) is 0.803. The molecule has 1 aromatic carbocycles. The van der Waals surface area contributed by atoms with Crippen molar-refractivity contribution in [2.24, 2.45) is 0 Å². The number of phenols is 1. The summed E-state index contributed by atoms with van der Waals surface area (Å²) < 4.78 is 1.01. The smallest absolute Gasteiger partial charge is 0.116 e. The molecular formula is C13H19BrCl2N2O. The van der Waals surface area contributed by atoms with Gasteiger partial charge in [0, 0.05) is 30.7 Å². The highest BCUT2D eigenvalue weighted by Gasteiger charge is 2.21. The van der Waals surface area contributed by atoms with Crippen LogP contribution in [0, 0.1) is 0 Å². The summed E-state index contributed by atoms with van der Waals surface area (Å²) >= 11 is 3.54. The first-order chi connectivity index (χ1) is 8.22. The lowest BCUT2D eigenvalue weighted by Crippen LogP contribution is -2.44. The van der Waals surface area contributed by atoms with Gasteiger partial charge in [0.05, 0.1) is 6.04 Å². The molecule has 0 saturated carbocycles. The van der Waals surface area contributed by atoms with E-state index in [-0.39, 0.29) is 30.9 Å². The number of halogens is 3. The number of rotatable bonds is 3. The Hall–Kier alpha value is -0.260. The van der Waals surface area contributed by atoms with Crippen molar-refractivity contribution in [1.82, 2.24) is 10.2 Å². The molecule has 0 amide bonds. The van der Waals surface area contributed by atoms with E-state index in [1.165, 1.54) is 0 Å². The fourth-order valence-corrected chi connectivity index (χ4v) is 2.67. The lowest BCUT2D eigenvalue weighted by atomic mass is 10.0. The number of nitrogens with zero attached hydrogens (tertiary/aromatic N) is 1. The molecule has 2 rings (SSSR count). The molecule has 0 aliphatic carbocycles. The SMILES string of the molecule is C=C[C@@H](c1cc(O)ccc1Br)N1CCNCC1.Cl.Cl. The van der Waals surface area contributed by atoms with Crippen molar-refractivity contribution in [1.29, 1.82) is 0 Å². The van der Waals surface area contributed by atoms with Gasteiger partial charge < -0.3 is 10.4 Å². The molecule has 1 aliphatic heterocycles. The van der Waals surface area contributed by atoms with Crippen molar-refractivity contribution in [3.8, 4) is 5.75 Å². The van der Waals surface area contributed by atoms with Gasteiger partial charge in [-0.3, -0.25) is 4.90 Å². The van der Waals surface area contributed by atoms with Gasteiger partial charge in [-0.2, -0.15) is 0 Å². The summed E-state index contributed by atoms with van der Waals surface area (Å²) in [6.07, 6.45) is 1.94. The number of hydrogen-bond donors (Lipinski definition) is 2. The molecular weight excluding hydrogens is 351 g/mol. The Balaban J connectivity index is 0.00000162. The highest BCUT2D eigenvalue weighted by Crippen LogP contribution is 2.31. The zero-order chi connectivity index (χ0) is 12.3. The number of nitrogens with one attached hydrogen (secondary N) is 1. The molecule has 1 fully saturated rings. The van der Waals surface area contributed by atoms with Crippen LogP contribution in [0.25, 0.3) is 0 Å². The Morgan fingerprint density at radius 2 is 1.95 bits per heavy atom. The summed E-state index contributed by atoms with van der Waals surface area (Å²) in [5.41, 5.74) is 1.07. The van der Waals surface area contributed by atoms with Crippen LogP contribution in [0.1, 0.15) is 11.6 Å². The third-order valence-electron chi connectivity index (χ3n) is 3.07. The summed E-state index contributed by atoms with van der Waals surface area (Å²) in [7, 11) is 0. The highest BCUT2D eigenvalue weighted by molar-refractivity contribution is 9.10. The number of piperazine rings is 1. The third-order valence-corrected chi connectivity index (χ3v) is 3.79. The van der Waals surface area contributed by atoms with Crippen molar-refractivity contribution in [2.75, 3.05) is 26.2 Å². The zero-order valence-electron chi connectivity index (χ0n) is 10.5. The maximum absolute atomic E-state index is 9.59. The maximum Gasteiger partial charge on any atom is 0.116 e. The van der Waals surface area contributed by atoms with Crippen LogP contribution < -0.4 is 5.32 Å². The normalized spacial score (nSPS) is 16.9. The van der Waals surface area contributed by atoms with Crippen LogP contribution >= 0.6 is 40.7 Å². The van der Waals surface area contributed by atoms with E-state index in [1.54, 1.807) is 12.1 Å². The number of benzene rings is 1. The average Bonchev–Trinajstić information content (AvgIpc) is 2.36. The molecule has 1 aliphatic rings. The summed E-state index contributed by atoms with van der Waals surface area (Å²) in [4.78, 5) is 2.36. The topological polar surface area (TPSA) is 35.5 Å². The van der Waals surface area contributed by atoms with Gasteiger partial charge in [0.25, 0.3) is 0 Å². The Morgan fingerprint density at radius 3 is 2.53 bits per heavy atom. The fraction of sp³-hybridized carbons (Fsp3) is 0.385. The summed E-state index contributed by atoms with van der Waals surface area (Å²) in [6.45, 7) is 7.92. The predicted octanol–water partition coefficient (Wildman–Crippen LogP) is 3.13. The van der Waals surface area contributed by atoms with Crippen molar-refractivity contribution in [2.45, 2.75) is 6.04 Å². The monoisotopic (exact) mass is 368 g/mol. The Kier molecular flexibility index (Phi) is 8.70. The number of phenolic OH excluding ortho intramolecular Hbond substituents is 1. The largest absolute Gasteiger partial charge is 0.508 e. The molecule has 0 bridgehead atoms. The second-order valence-electron chi connectivity index (χ2n) is 4.17. The van der Waals surface area contributed by atoms with Gasteiger partial charge in [-0.15, -0.1) is 31.4 Å². The van der Waals surface area contributed by atoms with Crippen molar-refractivity contribution in [3.63, 3.8) is 0 Å².